The molecule has 0 radical (unpaired) electrons. The molecule has 2 heterocycles. The van der Waals surface area contributed by atoms with Crippen molar-refractivity contribution in [2.45, 2.75) is 76.5 Å². The number of carbonyl (C=O) groups is 2. The zero-order chi connectivity index (χ0) is 23.2. The topological polar surface area (TPSA) is 49.9 Å². The summed E-state index contributed by atoms with van der Waals surface area (Å²) in [7, 11) is 1.62. The average molecular weight is 447 g/mol. The highest BCUT2D eigenvalue weighted by atomic mass is 16.5. The van der Waals surface area contributed by atoms with Gasteiger partial charge in [0.1, 0.15) is 5.75 Å². The van der Waals surface area contributed by atoms with Gasteiger partial charge in [0.05, 0.1) is 24.8 Å². The maximum Gasteiger partial charge on any atom is 0.258 e. The van der Waals surface area contributed by atoms with Gasteiger partial charge < -0.3 is 14.5 Å². The molecule has 5 atom stereocenters. The molecule has 1 saturated carbocycles. The predicted molar refractivity (Wildman–Crippen MR) is 128 cm³/mol. The van der Waals surface area contributed by atoms with Gasteiger partial charge >= 0.3 is 0 Å². The lowest BCUT2D eigenvalue weighted by atomic mass is 9.69. The number of piperidine rings is 1. The molecule has 2 amide bonds. The number of amides is 2. The van der Waals surface area contributed by atoms with E-state index in [1.54, 1.807) is 14.0 Å². The minimum absolute atomic E-state index is 0.00383. The number of rotatable bonds is 4. The van der Waals surface area contributed by atoms with Crippen molar-refractivity contribution in [3.05, 3.63) is 65.7 Å². The van der Waals surface area contributed by atoms with Crippen molar-refractivity contribution in [2.24, 2.45) is 5.41 Å². The fourth-order valence-electron chi connectivity index (χ4n) is 7.06. The summed E-state index contributed by atoms with van der Waals surface area (Å²) in [5.41, 5.74) is 1.74. The van der Waals surface area contributed by atoms with E-state index < -0.39 is 0 Å². The maximum atomic E-state index is 14.1. The predicted octanol–water partition coefficient (Wildman–Crippen LogP) is 4.70. The second-order valence-electron chi connectivity index (χ2n) is 10.2. The Morgan fingerprint density at radius 1 is 0.970 bits per heavy atom. The molecule has 5 heteroatoms. The Bertz CT molecular complexity index is 1040. The summed E-state index contributed by atoms with van der Waals surface area (Å²) in [6.45, 7) is 4.03. The zero-order valence-corrected chi connectivity index (χ0v) is 19.9. The van der Waals surface area contributed by atoms with Gasteiger partial charge in [-0.2, -0.15) is 0 Å². The van der Waals surface area contributed by atoms with E-state index in [1.165, 1.54) is 5.56 Å². The molecule has 0 spiro atoms. The summed E-state index contributed by atoms with van der Waals surface area (Å²) in [5.74, 6) is 0.779. The number of carbonyl (C=O) groups excluding carboxylic acids is 2. The Hall–Kier alpha value is -2.82. The monoisotopic (exact) mass is 446 g/mol. The van der Waals surface area contributed by atoms with Crippen molar-refractivity contribution in [1.29, 1.82) is 0 Å². The molecule has 1 aliphatic carbocycles. The molecule has 2 aliphatic heterocycles. The number of benzene rings is 2. The molecule has 5 rings (SSSR count). The normalized spacial score (nSPS) is 30.6. The molecule has 33 heavy (non-hydrogen) atoms. The Balaban J connectivity index is 1.62. The van der Waals surface area contributed by atoms with E-state index in [4.69, 9.17) is 4.74 Å². The van der Waals surface area contributed by atoms with Gasteiger partial charge in [-0.25, -0.2) is 0 Å². The van der Waals surface area contributed by atoms with Crippen LogP contribution in [0.4, 0.5) is 0 Å². The van der Waals surface area contributed by atoms with E-state index in [1.807, 2.05) is 30.3 Å². The Kier molecular flexibility index (Phi) is 5.67. The van der Waals surface area contributed by atoms with Crippen molar-refractivity contribution in [1.82, 2.24) is 9.80 Å². The van der Waals surface area contributed by atoms with Crippen molar-refractivity contribution in [3.63, 3.8) is 0 Å². The third kappa shape index (κ3) is 3.53. The molecular weight excluding hydrogens is 412 g/mol. The summed E-state index contributed by atoms with van der Waals surface area (Å²) in [5, 5.41) is 0. The maximum absolute atomic E-state index is 14.1. The van der Waals surface area contributed by atoms with Gasteiger partial charge in [-0.3, -0.25) is 9.59 Å². The lowest BCUT2D eigenvalue weighted by Crippen LogP contribution is -2.61. The minimum atomic E-state index is -0.0856. The summed E-state index contributed by atoms with van der Waals surface area (Å²) in [6.07, 6.45) is 5.91. The van der Waals surface area contributed by atoms with E-state index in [-0.39, 0.29) is 41.4 Å². The van der Waals surface area contributed by atoms with E-state index in [0.29, 0.717) is 11.3 Å². The van der Waals surface area contributed by atoms with Crippen LogP contribution in [0.1, 0.15) is 61.9 Å². The second kappa shape index (κ2) is 8.51. The lowest BCUT2D eigenvalue weighted by molar-refractivity contribution is -0.141. The van der Waals surface area contributed by atoms with Gasteiger partial charge in [-0.1, -0.05) is 62.2 Å². The van der Waals surface area contributed by atoms with Gasteiger partial charge in [0.15, 0.2) is 0 Å². The molecule has 5 nitrogen and oxygen atoms in total. The SMILES string of the molecule is COc1ccccc1C(=O)N1[C@H]2CCCC[C@H]3N(C(C)=O)[C@@H](Cc4ccccc4)[C@@H]1C[C@@]23C. The number of likely N-dealkylation sites (tertiary alicyclic amines) is 2. The first-order valence-electron chi connectivity index (χ1n) is 12.2. The first kappa shape index (κ1) is 22.0. The van der Waals surface area contributed by atoms with E-state index >= 15 is 0 Å². The molecule has 2 aromatic carbocycles. The van der Waals surface area contributed by atoms with Crippen molar-refractivity contribution < 1.29 is 14.3 Å². The highest BCUT2D eigenvalue weighted by Gasteiger charge is 2.63. The van der Waals surface area contributed by atoms with Crippen LogP contribution < -0.4 is 4.74 Å². The van der Waals surface area contributed by atoms with Crippen molar-refractivity contribution >= 4 is 11.8 Å². The standard InChI is InChI=1S/C28H34N2O3/c1-19(31)29-22(17-20-11-5-4-6-12-20)23-18-28(2)25(29)15-9-10-16-26(28)30(23)27(32)21-13-7-8-14-24(21)33-3/h4-8,11-14,22-23,25-26H,9-10,15-18H2,1-3H3/t22-,23-,25+,26-,28+/m0/s1. The molecule has 2 bridgehead atoms. The number of ether oxygens (including phenoxy) is 1. The molecule has 3 fully saturated rings. The Labute approximate surface area is 196 Å². The first-order valence-corrected chi connectivity index (χ1v) is 12.2. The quantitative estimate of drug-likeness (QED) is 0.684. The third-order valence-corrected chi connectivity index (χ3v) is 8.43. The van der Waals surface area contributed by atoms with Crippen LogP contribution in [-0.4, -0.2) is 52.9 Å². The second-order valence-corrected chi connectivity index (χ2v) is 10.2. The number of fused-ring (bicyclic) bond motifs is 1. The van der Waals surface area contributed by atoms with E-state index in [0.717, 1.165) is 38.5 Å². The van der Waals surface area contributed by atoms with Gasteiger partial charge in [0.2, 0.25) is 5.91 Å². The number of hydrogen-bond acceptors (Lipinski definition) is 3. The van der Waals surface area contributed by atoms with Crippen LogP contribution in [0.25, 0.3) is 0 Å². The molecule has 0 aromatic heterocycles. The Morgan fingerprint density at radius 2 is 1.61 bits per heavy atom. The minimum Gasteiger partial charge on any atom is -0.496 e. The smallest absolute Gasteiger partial charge is 0.258 e. The molecule has 174 valence electrons. The van der Waals surface area contributed by atoms with E-state index in [2.05, 4.69) is 41.0 Å². The van der Waals surface area contributed by atoms with Crippen molar-refractivity contribution in [2.75, 3.05) is 7.11 Å². The third-order valence-electron chi connectivity index (χ3n) is 8.43. The average Bonchev–Trinajstić information content (AvgIpc) is 2.97. The van der Waals surface area contributed by atoms with Crippen LogP contribution in [0, 0.1) is 5.41 Å². The molecule has 0 N–H and O–H groups in total. The van der Waals surface area contributed by atoms with Gasteiger partial charge in [0, 0.05) is 24.4 Å². The van der Waals surface area contributed by atoms with Crippen LogP contribution in [0.2, 0.25) is 0 Å². The van der Waals surface area contributed by atoms with Gasteiger partial charge in [-0.15, -0.1) is 0 Å². The van der Waals surface area contributed by atoms with Crippen molar-refractivity contribution in [3.8, 4) is 5.75 Å². The highest BCUT2D eigenvalue weighted by Crippen LogP contribution is 2.56. The van der Waals surface area contributed by atoms with Crippen LogP contribution in [0.5, 0.6) is 5.75 Å². The molecular formula is C28H34N2O3. The molecule has 2 aromatic rings. The van der Waals surface area contributed by atoms with E-state index in [9.17, 15) is 9.59 Å². The first-order chi connectivity index (χ1) is 16.0. The fraction of sp³-hybridized carbons (Fsp3) is 0.500. The number of nitrogens with zero attached hydrogens (tertiary/aromatic N) is 2. The van der Waals surface area contributed by atoms with Crippen LogP contribution in [-0.2, 0) is 11.2 Å². The zero-order valence-electron chi connectivity index (χ0n) is 19.9. The summed E-state index contributed by atoms with van der Waals surface area (Å²) >= 11 is 0. The molecule has 3 aliphatic rings. The number of para-hydroxylation sites is 1. The molecule has 2 saturated heterocycles. The summed E-state index contributed by atoms with van der Waals surface area (Å²) in [4.78, 5) is 31.6. The summed E-state index contributed by atoms with van der Waals surface area (Å²) in [6, 6.07) is 18.2. The largest absolute Gasteiger partial charge is 0.496 e. The summed E-state index contributed by atoms with van der Waals surface area (Å²) < 4.78 is 5.56. The van der Waals surface area contributed by atoms with Crippen LogP contribution in [0.3, 0.4) is 0 Å². The highest BCUT2D eigenvalue weighted by molar-refractivity contribution is 5.98. The van der Waals surface area contributed by atoms with Crippen LogP contribution in [0.15, 0.2) is 54.6 Å². The fourth-order valence-corrected chi connectivity index (χ4v) is 7.06. The number of hydrogen-bond donors (Lipinski definition) is 0. The molecule has 0 unspecified atom stereocenters. The number of methoxy groups -OCH3 is 1. The van der Waals surface area contributed by atoms with Gasteiger partial charge in [0.25, 0.3) is 5.91 Å². The van der Waals surface area contributed by atoms with Crippen LogP contribution >= 0.6 is 0 Å². The Morgan fingerprint density at radius 3 is 2.27 bits per heavy atom. The van der Waals surface area contributed by atoms with Gasteiger partial charge in [-0.05, 0) is 43.4 Å². The lowest BCUT2D eigenvalue weighted by Gasteiger charge is -2.50.